The molecule has 0 unspecified atom stereocenters. The molecule has 5 heteroatoms. The Balaban J connectivity index is 2.50. The van der Waals surface area contributed by atoms with E-state index in [2.05, 4.69) is 5.32 Å². The number of aliphatic hydroxyl groups excluding tert-OH is 1. The largest absolute Gasteiger partial charge is 0.497 e. The van der Waals surface area contributed by atoms with Crippen molar-refractivity contribution in [3.63, 3.8) is 0 Å². The van der Waals surface area contributed by atoms with Crippen LogP contribution in [0.15, 0.2) is 24.3 Å². The van der Waals surface area contributed by atoms with Crippen molar-refractivity contribution in [3.05, 3.63) is 24.3 Å². The van der Waals surface area contributed by atoms with Crippen molar-refractivity contribution in [3.8, 4) is 5.75 Å². The summed E-state index contributed by atoms with van der Waals surface area (Å²) < 4.78 is 9.93. The van der Waals surface area contributed by atoms with Crippen LogP contribution in [0.2, 0.25) is 0 Å². The van der Waals surface area contributed by atoms with Gasteiger partial charge in [-0.1, -0.05) is 0 Å². The highest BCUT2D eigenvalue weighted by Crippen LogP contribution is 2.15. The molecule has 1 rings (SSSR count). The Labute approximate surface area is 100 Å². The van der Waals surface area contributed by atoms with E-state index >= 15 is 0 Å². The molecule has 0 aromatic heterocycles. The third-order valence-corrected chi connectivity index (χ3v) is 2.31. The van der Waals surface area contributed by atoms with Crippen LogP contribution in [-0.4, -0.2) is 30.5 Å². The zero-order valence-electron chi connectivity index (χ0n) is 10.1. The van der Waals surface area contributed by atoms with Crippen LogP contribution in [0, 0.1) is 0 Å². The molecule has 1 aromatic rings. The quantitative estimate of drug-likeness (QED) is 0.843. The normalized spacial score (nSPS) is 13.6. The van der Waals surface area contributed by atoms with Crippen molar-refractivity contribution < 1.29 is 19.4 Å². The van der Waals surface area contributed by atoms with Gasteiger partial charge in [0.05, 0.1) is 13.2 Å². The topological polar surface area (TPSA) is 67.8 Å². The number of carbonyl (C=O) groups is 1. The van der Waals surface area contributed by atoms with E-state index in [1.807, 2.05) is 0 Å². The Morgan fingerprint density at radius 2 is 1.88 bits per heavy atom. The molecule has 1 amide bonds. The Morgan fingerprint density at radius 1 is 1.29 bits per heavy atom. The van der Waals surface area contributed by atoms with Gasteiger partial charge in [-0.2, -0.15) is 0 Å². The molecule has 5 nitrogen and oxygen atoms in total. The molecular formula is C12H17NO4. The maximum Gasteiger partial charge on any atom is 0.411 e. The van der Waals surface area contributed by atoms with Gasteiger partial charge in [-0.25, -0.2) is 4.79 Å². The number of hydrogen-bond donors (Lipinski definition) is 2. The zero-order chi connectivity index (χ0) is 12.8. The van der Waals surface area contributed by atoms with E-state index in [1.165, 1.54) is 0 Å². The second kappa shape index (κ2) is 6.10. The fourth-order valence-electron chi connectivity index (χ4n) is 1.09. The summed E-state index contributed by atoms with van der Waals surface area (Å²) in [5.41, 5.74) is 0.605. The predicted octanol–water partition coefficient (Wildman–Crippen LogP) is 2.01. The lowest BCUT2D eigenvalue weighted by Crippen LogP contribution is -2.28. The number of rotatable bonds is 4. The van der Waals surface area contributed by atoms with Crippen molar-refractivity contribution in [1.29, 1.82) is 0 Å². The van der Waals surface area contributed by atoms with Gasteiger partial charge in [-0.3, -0.25) is 5.32 Å². The third kappa shape index (κ3) is 4.32. The molecular weight excluding hydrogens is 222 g/mol. The number of carbonyl (C=O) groups excluding carboxylic acids is 1. The highest BCUT2D eigenvalue weighted by molar-refractivity contribution is 5.84. The smallest absolute Gasteiger partial charge is 0.411 e. The van der Waals surface area contributed by atoms with Gasteiger partial charge in [-0.15, -0.1) is 0 Å². The van der Waals surface area contributed by atoms with Gasteiger partial charge < -0.3 is 14.6 Å². The monoisotopic (exact) mass is 239 g/mol. The van der Waals surface area contributed by atoms with Gasteiger partial charge >= 0.3 is 6.09 Å². The first kappa shape index (κ1) is 13.3. The van der Waals surface area contributed by atoms with Crippen LogP contribution in [0.3, 0.4) is 0 Å². The summed E-state index contributed by atoms with van der Waals surface area (Å²) in [5, 5.41) is 11.7. The summed E-state index contributed by atoms with van der Waals surface area (Å²) in [6.45, 7) is 3.18. The SMILES string of the molecule is COc1ccc(NC(=O)O[C@@H](C)[C@H](C)O)cc1. The average Bonchev–Trinajstić information content (AvgIpc) is 2.29. The van der Waals surface area contributed by atoms with E-state index in [9.17, 15) is 9.90 Å². The Kier molecular flexibility index (Phi) is 4.78. The molecule has 0 aliphatic heterocycles. The summed E-state index contributed by atoms with van der Waals surface area (Å²) in [6, 6.07) is 6.86. The molecule has 94 valence electrons. The van der Waals surface area contributed by atoms with E-state index < -0.39 is 18.3 Å². The summed E-state index contributed by atoms with van der Waals surface area (Å²) in [6.07, 6.45) is -1.84. The number of nitrogens with one attached hydrogen (secondary N) is 1. The lowest BCUT2D eigenvalue weighted by atomic mass is 10.3. The molecule has 0 heterocycles. The number of hydrogen-bond acceptors (Lipinski definition) is 4. The molecule has 0 bridgehead atoms. The zero-order valence-corrected chi connectivity index (χ0v) is 10.1. The van der Waals surface area contributed by atoms with Crippen molar-refractivity contribution in [1.82, 2.24) is 0 Å². The van der Waals surface area contributed by atoms with E-state index in [4.69, 9.17) is 9.47 Å². The Hall–Kier alpha value is -1.75. The Morgan fingerprint density at radius 3 is 2.35 bits per heavy atom. The maximum absolute atomic E-state index is 11.4. The first-order valence-corrected chi connectivity index (χ1v) is 5.32. The van der Waals surface area contributed by atoms with E-state index in [0.717, 1.165) is 0 Å². The fraction of sp³-hybridized carbons (Fsp3) is 0.417. The molecule has 2 atom stereocenters. The number of anilines is 1. The van der Waals surface area contributed by atoms with E-state index in [1.54, 1.807) is 45.2 Å². The predicted molar refractivity (Wildman–Crippen MR) is 64.2 cm³/mol. The van der Waals surface area contributed by atoms with Gasteiger partial charge in [0.25, 0.3) is 0 Å². The molecule has 0 spiro atoms. The minimum atomic E-state index is -0.698. The molecule has 17 heavy (non-hydrogen) atoms. The summed E-state index contributed by atoms with van der Waals surface area (Å²) in [7, 11) is 1.57. The molecule has 0 saturated carbocycles. The van der Waals surface area contributed by atoms with Gasteiger partial charge in [0.1, 0.15) is 11.9 Å². The standard InChI is InChI=1S/C12H17NO4/c1-8(14)9(2)17-12(15)13-10-4-6-11(16-3)7-5-10/h4-9,14H,1-3H3,(H,13,15)/t8-,9-/m0/s1. The van der Waals surface area contributed by atoms with Gasteiger partial charge in [0.15, 0.2) is 0 Å². The summed E-state index contributed by atoms with van der Waals surface area (Å²) in [4.78, 5) is 11.4. The first-order chi connectivity index (χ1) is 8.02. The summed E-state index contributed by atoms with van der Waals surface area (Å²) >= 11 is 0. The molecule has 0 radical (unpaired) electrons. The van der Waals surface area contributed by atoms with Crippen LogP contribution in [0.5, 0.6) is 5.75 Å². The van der Waals surface area contributed by atoms with Gasteiger partial charge in [0.2, 0.25) is 0 Å². The highest BCUT2D eigenvalue weighted by atomic mass is 16.6. The number of aliphatic hydroxyl groups is 1. The van der Waals surface area contributed by atoms with Crippen LogP contribution >= 0.6 is 0 Å². The van der Waals surface area contributed by atoms with Crippen LogP contribution in [0.4, 0.5) is 10.5 Å². The van der Waals surface area contributed by atoms with Crippen molar-refractivity contribution >= 4 is 11.8 Å². The van der Waals surface area contributed by atoms with Crippen LogP contribution in [-0.2, 0) is 4.74 Å². The fourth-order valence-corrected chi connectivity index (χ4v) is 1.09. The van der Waals surface area contributed by atoms with Crippen molar-refractivity contribution in [2.24, 2.45) is 0 Å². The number of ether oxygens (including phenoxy) is 2. The maximum atomic E-state index is 11.4. The third-order valence-electron chi connectivity index (χ3n) is 2.31. The first-order valence-electron chi connectivity index (χ1n) is 5.32. The van der Waals surface area contributed by atoms with Crippen LogP contribution in [0.1, 0.15) is 13.8 Å². The van der Waals surface area contributed by atoms with Gasteiger partial charge in [0, 0.05) is 5.69 Å². The average molecular weight is 239 g/mol. The highest BCUT2D eigenvalue weighted by Gasteiger charge is 2.14. The Bertz CT molecular complexity index is 361. The van der Waals surface area contributed by atoms with E-state index in [-0.39, 0.29) is 0 Å². The lowest BCUT2D eigenvalue weighted by molar-refractivity contribution is 0.0288. The number of methoxy groups -OCH3 is 1. The molecule has 0 aliphatic carbocycles. The summed E-state index contributed by atoms with van der Waals surface area (Å²) in [5.74, 6) is 0.710. The second-order valence-electron chi connectivity index (χ2n) is 3.70. The molecule has 2 N–H and O–H groups in total. The second-order valence-corrected chi connectivity index (χ2v) is 3.70. The molecule has 0 aliphatic rings. The van der Waals surface area contributed by atoms with Crippen molar-refractivity contribution in [2.75, 3.05) is 12.4 Å². The van der Waals surface area contributed by atoms with E-state index in [0.29, 0.717) is 11.4 Å². The molecule has 0 saturated heterocycles. The number of benzene rings is 1. The molecule has 1 aromatic carbocycles. The molecule has 0 fully saturated rings. The van der Waals surface area contributed by atoms with Crippen molar-refractivity contribution in [2.45, 2.75) is 26.1 Å². The van der Waals surface area contributed by atoms with Crippen LogP contribution < -0.4 is 10.1 Å². The van der Waals surface area contributed by atoms with Crippen LogP contribution in [0.25, 0.3) is 0 Å². The number of amides is 1. The minimum Gasteiger partial charge on any atom is -0.497 e. The van der Waals surface area contributed by atoms with Gasteiger partial charge in [-0.05, 0) is 38.1 Å². The minimum absolute atomic E-state index is 0.548. The lowest BCUT2D eigenvalue weighted by Gasteiger charge is -2.16.